The van der Waals surface area contributed by atoms with Crippen molar-refractivity contribution in [1.82, 2.24) is 0 Å². The summed E-state index contributed by atoms with van der Waals surface area (Å²) < 4.78 is 5.54. The minimum Gasteiger partial charge on any atom is -0.464 e. The van der Waals surface area contributed by atoms with Crippen LogP contribution in [0.1, 0.15) is 17.2 Å². The molecule has 0 aliphatic carbocycles. The Labute approximate surface area is 112 Å². The maximum absolute atomic E-state index is 6.34. The lowest BCUT2D eigenvalue weighted by atomic mass is 9.99. The molecule has 3 aromatic rings. The second-order valence-corrected chi connectivity index (χ2v) is 4.54. The topological polar surface area (TPSA) is 51.2 Å². The van der Waals surface area contributed by atoms with Gasteiger partial charge in [0.15, 0.2) is 0 Å². The Balaban J connectivity index is 2.00. The Morgan fingerprint density at radius 3 is 2.53 bits per heavy atom. The largest absolute Gasteiger partial charge is 0.464 e. The number of hydrogen-bond acceptors (Lipinski definition) is 3. The summed E-state index contributed by atoms with van der Waals surface area (Å²) in [5.74, 6) is 0. The van der Waals surface area contributed by atoms with Gasteiger partial charge in [-0.15, -0.1) is 0 Å². The van der Waals surface area contributed by atoms with E-state index < -0.39 is 0 Å². The molecular formula is C16H16N2O. The minimum absolute atomic E-state index is 0.172. The fraction of sp³-hybridized carbons (Fsp3) is 0.125. The van der Waals surface area contributed by atoms with E-state index in [0.717, 1.165) is 27.8 Å². The summed E-state index contributed by atoms with van der Waals surface area (Å²) in [5.41, 5.74) is 10.4. The van der Waals surface area contributed by atoms with Gasteiger partial charge in [-0.05, 0) is 23.8 Å². The molecule has 3 N–H and O–H groups in total. The molecule has 1 unspecified atom stereocenters. The summed E-state index contributed by atoms with van der Waals surface area (Å²) in [6.45, 7) is 0. The van der Waals surface area contributed by atoms with E-state index in [2.05, 4.69) is 5.32 Å². The predicted octanol–water partition coefficient (Wildman–Crippen LogP) is 3.52. The van der Waals surface area contributed by atoms with Gasteiger partial charge in [-0.2, -0.15) is 0 Å². The van der Waals surface area contributed by atoms with Crippen molar-refractivity contribution in [2.24, 2.45) is 5.73 Å². The minimum atomic E-state index is -0.172. The molecule has 0 saturated heterocycles. The van der Waals surface area contributed by atoms with Gasteiger partial charge in [0.05, 0.1) is 12.3 Å². The van der Waals surface area contributed by atoms with Gasteiger partial charge in [0.25, 0.3) is 0 Å². The van der Waals surface area contributed by atoms with Crippen LogP contribution in [-0.2, 0) is 0 Å². The van der Waals surface area contributed by atoms with Gasteiger partial charge in [-0.3, -0.25) is 0 Å². The van der Waals surface area contributed by atoms with Gasteiger partial charge >= 0.3 is 0 Å². The highest BCUT2D eigenvalue weighted by atomic mass is 16.3. The van der Waals surface area contributed by atoms with Crippen LogP contribution in [0.25, 0.3) is 11.0 Å². The molecule has 0 aliphatic heterocycles. The Morgan fingerprint density at radius 2 is 1.79 bits per heavy atom. The van der Waals surface area contributed by atoms with E-state index in [9.17, 15) is 0 Å². The van der Waals surface area contributed by atoms with E-state index in [-0.39, 0.29) is 6.04 Å². The third-order valence-corrected chi connectivity index (χ3v) is 3.40. The van der Waals surface area contributed by atoms with Gasteiger partial charge in [0.2, 0.25) is 0 Å². The smallest absolute Gasteiger partial charge is 0.134 e. The van der Waals surface area contributed by atoms with Crippen molar-refractivity contribution < 1.29 is 4.42 Å². The number of hydrogen-bond donors (Lipinski definition) is 2. The van der Waals surface area contributed by atoms with Crippen LogP contribution in [-0.4, -0.2) is 7.05 Å². The number of para-hydroxylation sites is 1. The highest BCUT2D eigenvalue weighted by Crippen LogP contribution is 2.29. The van der Waals surface area contributed by atoms with Gasteiger partial charge < -0.3 is 15.5 Å². The van der Waals surface area contributed by atoms with E-state index in [1.54, 1.807) is 6.26 Å². The maximum Gasteiger partial charge on any atom is 0.134 e. The summed E-state index contributed by atoms with van der Waals surface area (Å²) >= 11 is 0. The Hall–Kier alpha value is -2.26. The highest BCUT2D eigenvalue weighted by Gasteiger charge is 2.14. The molecule has 3 nitrogen and oxygen atoms in total. The molecular weight excluding hydrogens is 236 g/mol. The standard InChI is InChI=1S/C16H16N2O/c1-18-12-8-6-11(7-9-12)16(17)14-10-19-15-5-3-2-4-13(14)15/h2-10,16,18H,17H2,1H3. The third kappa shape index (κ3) is 2.09. The molecule has 1 aromatic heterocycles. The molecule has 0 spiro atoms. The molecule has 19 heavy (non-hydrogen) atoms. The van der Waals surface area contributed by atoms with Crippen molar-refractivity contribution in [2.45, 2.75) is 6.04 Å². The zero-order chi connectivity index (χ0) is 13.2. The molecule has 0 radical (unpaired) electrons. The molecule has 3 heteroatoms. The van der Waals surface area contributed by atoms with Crippen LogP contribution < -0.4 is 11.1 Å². The van der Waals surface area contributed by atoms with Gasteiger partial charge in [-0.25, -0.2) is 0 Å². The number of nitrogens with two attached hydrogens (primary N) is 1. The van der Waals surface area contributed by atoms with Crippen LogP contribution in [0.3, 0.4) is 0 Å². The van der Waals surface area contributed by atoms with Crippen molar-refractivity contribution in [3.8, 4) is 0 Å². The normalized spacial score (nSPS) is 12.5. The monoisotopic (exact) mass is 252 g/mol. The average molecular weight is 252 g/mol. The zero-order valence-corrected chi connectivity index (χ0v) is 10.8. The number of anilines is 1. The van der Waals surface area contributed by atoms with Crippen molar-refractivity contribution >= 4 is 16.7 Å². The molecule has 0 aliphatic rings. The highest BCUT2D eigenvalue weighted by molar-refractivity contribution is 5.81. The number of fused-ring (bicyclic) bond motifs is 1. The lowest BCUT2D eigenvalue weighted by molar-refractivity contribution is 0.607. The summed E-state index contributed by atoms with van der Waals surface area (Å²) in [4.78, 5) is 0. The van der Waals surface area contributed by atoms with Crippen molar-refractivity contribution in [1.29, 1.82) is 0 Å². The molecule has 3 rings (SSSR count). The number of nitrogens with one attached hydrogen (secondary N) is 1. The second-order valence-electron chi connectivity index (χ2n) is 4.54. The fourth-order valence-corrected chi connectivity index (χ4v) is 2.28. The van der Waals surface area contributed by atoms with Crippen molar-refractivity contribution in [3.63, 3.8) is 0 Å². The fourth-order valence-electron chi connectivity index (χ4n) is 2.28. The molecule has 0 saturated carbocycles. The lowest BCUT2D eigenvalue weighted by Gasteiger charge is -2.11. The summed E-state index contributed by atoms with van der Waals surface area (Å²) in [5, 5.41) is 4.17. The molecule has 0 bridgehead atoms. The van der Waals surface area contributed by atoms with Crippen LogP contribution in [0, 0.1) is 0 Å². The first kappa shape index (κ1) is 11.8. The first-order chi connectivity index (χ1) is 9.29. The molecule has 0 fully saturated rings. The van der Waals surface area contributed by atoms with Gasteiger partial charge in [0, 0.05) is 23.7 Å². The van der Waals surface area contributed by atoms with Crippen LogP contribution >= 0.6 is 0 Å². The summed E-state index contributed by atoms with van der Waals surface area (Å²) in [7, 11) is 1.90. The van der Waals surface area contributed by atoms with Gasteiger partial charge in [-0.1, -0.05) is 30.3 Å². The van der Waals surface area contributed by atoms with Crippen molar-refractivity contribution in [2.75, 3.05) is 12.4 Å². The maximum atomic E-state index is 6.34. The molecule has 96 valence electrons. The Bertz CT molecular complexity index is 685. The number of furan rings is 1. The second kappa shape index (κ2) is 4.78. The van der Waals surface area contributed by atoms with Crippen molar-refractivity contribution in [3.05, 3.63) is 65.9 Å². The third-order valence-electron chi connectivity index (χ3n) is 3.40. The van der Waals surface area contributed by atoms with E-state index in [1.807, 2.05) is 55.6 Å². The Kier molecular flexibility index (Phi) is 2.97. The average Bonchev–Trinajstić information content (AvgIpc) is 2.90. The lowest BCUT2D eigenvalue weighted by Crippen LogP contribution is -2.11. The Morgan fingerprint density at radius 1 is 1.05 bits per heavy atom. The van der Waals surface area contributed by atoms with Crippen LogP contribution in [0.4, 0.5) is 5.69 Å². The van der Waals surface area contributed by atoms with E-state index >= 15 is 0 Å². The number of benzene rings is 2. The van der Waals surface area contributed by atoms with Crippen LogP contribution in [0.5, 0.6) is 0 Å². The first-order valence-corrected chi connectivity index (χ1v) is 6.29. The van der Waals surface area contributed by atoms with E-state index in [4.69, 9.17) is 10.2 Å². The SMILES string of the molecule is CNc1ccc(C(N)c2coc3ccccc23)cc1. The molecule has 2 aromatic carbocycles. The van der Waals surface area contributed by atoms with Gasteiger partial charge in [0.1, 0.15) is 5.58 Å². The predicted molar refractivity (Wildman–Crippen MR) is 78.2 cm³/mol. The molecule has 1 atom stereocenters. The summed E-state index contributed by atoms with van der Waals surface area (Å²) in [6.07, 6.45) is 1.75. The van der Waals surface area contributed by atoms with Crippen LogP contribution in [0.2, 0.25) is 0 Å². The molecule has 1 heterocycles. The molecule has 0 amide bonds. The van der Waals surface area contributed by atoms with Crippen LogP contribution in [0.15, 0.2) is 59.2 Å². The first-order valence-electron chi connectivity index (χ1n) is 6.29. The zero-order valence-electron chi connectivity index (χ0n) is 10.8. The van der Waals surface area contributed by atoms with E-state index in [0.29, 0.717) is 0 Å². The quantitative estimate of drug-likeness (QED) is 0.749. The summed E-state index contributed by atoms with van der Waals surface area (Å²) in [6, 6.07) is 15.9. The number of rotatable bonds is 3. The van der Waals surface area contributed by atoms with E-state index in [1.165, 1.54) is 0 Å².